The van der Waals surface area contributed by atoms with Crippen LogP contribution in [0.4, 0.5) is 0 Å². The molecule has 0 bridgehead atoms. The van der Waals surface area contributed by atoms with Crippen LogP contribution in [0.15, 0.2) is 30.3 Å². The Morgan fingerprint density at radius 3 is 2.33 bits per heavy atom. The van der Waals surface area contributed by atoms with Crippen molar-refractivity contribution < 1.29 is 14.3 Å². The van der Waals surface area contributed by atoms with Crippen LogP contribution in [0.5, 0.6) is 0 Å². The standard InChI is InChI=1S/C22H34N2O3/c1-22(2,3)27-20(19-7-5-4-6-8-19)21(25)24-13-11-23(12-14-24)17-18-9-15-26-16-10-18/h4-8,18,20H,9-17H2,1-3H3. The van der Waals surface area contributed by atoms with Crippen molar-refractivity contribution in [2.75, 3.05) is 45.9 Å². The van der Waals surface area contributed by atoms with Gasteiger partial charge in [-0.05, 0) is 45.1 Å². The Hall–Kier alpha value is -1.43. The van der Waals surface area contributed by atoms with Gasteiger partial charge >= 0.3 is 0 Å². The summed E-state index contributed by atoms with van der Waals surface area (Å²) in [7, 11) is 0. The van der Waals surface area contributed by atoms with Crippen LogP contribution in [-0.4, -0.2) is 67.2 Å². The average Bonchev–Trinajstić information content (AvgIpc) is 2.67. The van der Waals surface area contributed by atoms with E-state index in [1.807, 2.05) is 56.0 Å². The van der Waals surface area contributed by atoms with Gasteiger partial charge in [-0.25, -0.2) is 0 Å². The van der Waals surface area contributed by atoms with Crippen LogP contribution in [0.2, 0.25) is 0 Å². The number of rotatable bonds is 5. The summed E-state index contributed by atoms with van der Waals surface area (Å²) in [6.45, 7) is 12.4. The summed E-state index contributed by atoms with van der Waals surface area (Å²) in [5.41, 5.74) is 0.558. The first-order chi connectivity index (χ1) is 12.9. The molecule has 0 N–H and O–H groups in total. The lowest BCUT2D eigenvalue weighted by Crippen LogP contribution is -2.51. The Balaban J connectivity index is 1.58. The van der Waals surface area contributed by atoms with E-state index < -0.39 is 6.10 Å². The second-order valence-electron chi connectivity index (χ2n) is 8.70. The SMILES string of the molecule is CC(C)(C)OC(C(=O)N1CCN(CC2CCOCC2)CC1)c1ccccc1. The van der Waals surface area contributed by atoms with Crippen LogP contribution in [-0.2, 0) is 14.3 Å². The van der Waals surface area contributed by atoms with Gasteiger partial charge in [0.1, 0.15) is 0 Å². The largest absolute Gasteiger partial charge is 0.381 e. The van der Waals surface area contributed by atoms with E-state index in [2.05, 4.69) is 4.90 Å². The highest BCUT2D eigenvalue weighted by Gasteiger charge is 2.32. The molecule has 0 aromatic heterocycles. The fraction of sp³-hybridized carbons (Fsp3) is 0.682. The first kappa shape index (κ1) is 20.3. The van der Waals surface area contributed by atoms with Gasteiger partial charge in [-0.1, -0.05) is 30.3 Å². The lowest BCUT2D eigenvalue weighted by Gasteiger charge is -2.39. The lowest BCUT2D eigenvalue weighted by molar-refractivity contribution is -0.156. The van der Waals surface area contributed by atoms with Crippen molar-refractivity contribution in [2.24, 2.45) is 5.92 Å². The van der Waals surface area contributed by atoms with Crippen LogP contribution in [0.25, 0.3) is 0 Å². The van der Waals surface area contributed by atoms with E-state index in [-0.39, 0.29) is 11.5 Å². The fourth-order valence-corrected chi connectivity index (χ4v) is 3.85. The fourth-order valence-electron chi connectivity index (χ4n) is 3.85. The van der Waals surface area contributed by atoms with Crippen LogP contribution in [0, 0.1) is 5.92 Å². The minimum absolute atomic E-state index is 0.0850. The molecule has 0 spiro atoms. The predicted octanol–water partition coefficient (Wildman–Crippen LogP) is 3.11. The topological polar surface area (TPSA) is 42.0 Å². The molecule has 3 rings (SSSR count). The summed E-state index contributed by atoms with van der Waals surface area (Å²) in [4.78, 5) is 17.7. The Bertz CT molecular complexity index is 585. The van der Waals surface area contributed by atoms with Gasteiger partial charge in [0.25, 0.3) is 5.91 Å². The van der Waals surface area contributed by atoms with Gasteiger partial charge in [0.2, 0.25) is 0 Å². The Morgan fingerprint density at radius 1 is 1.11 bits per heavy atom. The van der Waals surface area contributed by atoms with E-state index in [0.29, 0.717) is 0 Å². The molecular weight excluding hydrogens is 340 g/mol. The van der Waals surface area contributed by atoms with Gasteiger partial charge in [-0.15, -0.1) is 0 Å². The van der Waals surface area contributed by atoms with Crippen molar-refractivity contribution >= 4 is 5.91 Å². The maximum absolute atomic E-state index is 13.2. The van der Waals surface area contributed by atoms with E-state index >= 15 is 0 Å². The zero-order valence-electron chi connectivity index (χ0n) is 17.0. The molecule has 5 heteroatoms. The van der Waals surface area contributed by atoms with E-state index in [1.165, 1.54) is 0 Å². The number of nitrogens with zero attached hydrogens (tertiary/aromatic N) is 2. The molecule has 2 aliphatic rings. The molecule has 1 atom stereocenters. The smallest absolute Gasteiger partial charge is 0.256 e. The average molecular weight is 375 g/mol. The monoisotopic (exact) mass is 374 g/mol. The summed E-state index contributed by atoms with van der Waals surface area (Å²) >= 11 is 0. The van der Waals surface area contributed by atoms with E-state index in [9.17, 15) is 4.79 Å². The predicted molar refractivity (Wildman–Crippen MR) is 107 cm³/mol. The first-order valence-electron chi connectivity index (χ1n) is 10.2. The maximum atomic E-state index is 13.2. The zero-order valence-corrected chi connectivity index (χ0v) is 17.0. The third-order valence-corrected chi connectivity index (χ3v) is 5.34. The van der Waals surface area contributed by atoms with E-state index in [1.54, 1.807) is 0 Å². The first-order valence-corrected chi connectivity index (χ1v) is 10.2. The molecule has 0 aliphatic carbocycles. The molecule has 0 saturated carbocycles. The number of amides is 1. The Kier molecular flexibility index (Phi) is 6.90. The molecule has 27 heavy (non-hydrogen) atoms. The third kappa shape index (κ3) is 6.03. The zero-order chi connectivity index (χ0) is 19.3. The van der Waals surface area contributed by atoms with Crippen molar-refractivity contribution in [1.29, 1.82) is 0 Å². The molecule has 1 aromatic carbocycles. The molecule has 1 amide bonds. The molecule has 2 saturated heterocycles. The molecule has 2 heterocycles. The molecule has 2 fully saturated rings. The van der Waals surface area contributed by atoms with Gasteiger partial charge in [0.15, 0.2) is 6.10 Å². The quantitative estimate of drug-likeness (QED) is 0.794. The van der Waals surface area contributed by atoms with Crippen molar-refractivity contribution in [3.8, 4) is 0 Å². The van der Waals surface area contributed by atoms with Crippen molar-refractivity contribution in [3.05, 3.63) is 35.9 Å². The number of piperazine rings is 1. The summed E-state index contributed by atoms with van der Waals surface area (Å²) in [6.07, 6.45) is 1.79. The van der Waals surface area contributed by atoms with Crippen LogP contribution < -0.4 is 0 Å². The number of hydrogen-bond donors (Lipinski definition) is 0. The highest BCUT2D eigenvalue weighted by atomic mass is 16.5. The van der Waals surface area contributed by atoms with E-state index in [0.717, 1.165) is 70.3 Å². The number of carbonyl (C=O) groups is 1. The lowest BCUT2D eigenvalue weighted by atomic mass is 9.99. The molecular formula is C22H34N2O3. The highest BCUT2D eigenvalue weighted by molar-refractivity contribution is 5.82. The Labute approximate surface area is 163 Å². The summed E-state index contributed by atoms with van der Waals surface area (Å²) in [5, 5.41) is 0. The summed E-state index contributed by atoms with van der Waals surface area (Å²) in [5.74, 6) is 0.823. The van der Waals surface area contributed by atoms with Crippen molar-refractivity contribution in [2.45, 2.75) is 45.3 Å². The van der Waals surface area contributed by atoms with Crippen molar-refractivity contribution in [3.63, 3.8) is 0 Å². The summed E-state index contributed by atoms with van der Waals surface area (Å²) in [6, 6.07) is 9.86. The number of ether oxygens (including phenoxy) is 2. The second kappa shape index (κ2) is 9.18. The number of benzene rings is 1. The Morgan fingerprint density at radius 2 is 1.74 bits per heavy atom. The normalized spacial score (nSPS) is 21.2. The van der Waals surface area contributed by atoms with Gasteiger partial charge < -0.3 is 14.4 Å². The van der Waals surface area contributed by atoms with Crippen LogP contribution in [0.1, 0.15) is 45.3 Å². The van der Waals surface area contributed by atoms with Crippen LogP contribution in [0.3, 0.4) is 0 Å². The van der Waals surface area contributed by atoms with Crippen molar-refractivity contribution in [1.82, 2.24) is 9.80 Å². The molecule has 1 aromatic rings. The molecule has 1 unspecified atom stereocenters. The van der Waals surface area contributed by atoms with Gasteiger partial charge in [0.05, 0.1) is 5.60 Å². The number of hydrogen-bond acceptors (Lipinski definition) is 4. The van der Waals surface area contributed by atoms with Gasteiger partial charge in [-0.3, -0.25) is 9.69 Å². The highest BCUT2D eigenvalue weighted by Crippen LogP contribution is 2.27. The van der Waals surface area contributed by atoms with E-state index in [4.69, 9.17) is 9.47 Å². The second-order valence-corrected chi connectivity index (χ2v) is 8.70. The van der Waals surface area contributed by atoms with Gasteiger partial charge in [-0.2, -0.15) is 0 Å². The molecule has 2 aliphatic heterocycles. The number of carbonyl (C=O) groups excluding carboxylic acids is 1. The minimum Gasteiger partial charge on any atom is -0.381 e. The van der Waals surface area contributed by atoms with Gasteiger partial charge in [0, 0.05) is 45.9 Å². The minimum atomic E-state index is -0.534. The summed E-state index contributed by atoms with van der Waals surface area (Å²) < 4.78 is 11.6. The molecule has 150 valence electrons. The molecule has 5 nitrogen and oxygen atoms in total. The molecule has 0 radical (unpaired) electrons. The third-order valence-electron chi connectivity index (χ3n) is 5.34. The van der Waals surface area contributed by atoms with Crippen LogP contribution >= 0.6 is 0 Å². The maximum Gasteiger partial charge on any atom is 0.256 e.